The number of carboxylic acids is 1. The first-order chi connectivity index (χ1) is 14.5. The fourth-order valence-electron chi connectivity index (χ4n) is 3.16. The number of carboxylic acid groups (broad SMARTS) is 1. The largest absolute Gasteiger partial charge is 0.494 e. The topological polar surface area (TPSA) is 109 Å². The third-order valence-corrected chi connectivity index (χ3v) is 5.82. The van der Waals surface area contributed by atoms with E-state index in [1.807, 2.05) is 58.0 Å². The van der Waals surface area contributed by atoms with Crippen LogP contribution in [0.25, 0.3) is 0 Å². The second kappa shape index (κ2) is 8.54. The summed E-state index contributed by atoms with van der Waals surface area (Å²) in [6.07, 6.45) is 0.126. The van der Waals surface area contributed by atoms with Crippen LogP contribution in [0.3, 0.4) is 0 Å². The Morgan fingerprint density at radius 3 is 2.06 bits per heavy atom. The molecule has 1 aliphatic heterocycles. The first kappa shape index (κ1) is 22.5. The lowest BCUT2D eigenvalue weighted by Gasteiger charge is -2.32. The molecule has 0 aliphatic carbocycles. The lowest BCUT2D eigenvalue weighted by molar-refractivity contribution is -0.139. The first-order valence-corrected chi connectivity index (χ1v) is 10.0. The van der Waals surface area contributed by atoms with Gasteiger partial charge in [-0.3, -0.25) is 4.79 Å². The van der Waals surface area contributed by atoms with Gasteiger partial charge in [0.15, 0.2) is 0 Å². The maximum absolute atomic E-state index is 12.4. The first-order valence-electron chi connectivity index (χ1n) is 10.0. The number of carbonyl (C=O) groups excluding carboxylic acids is 1. The highest BCUT2D eigenvalue weighted by molar-refractivity contribution is 6.62. The lowest BCUT2D eigenvalue weighted by Crippen LogP contribution is -2.42. The van der Waals surface area contributed by atoms with Crippen LogP contribution in [0.2, 0.25) is 0 Å². The maximum Gasteiger partial charge on any atom is 0.494 e. The molecule has 1 fully saturated rings. The maximum atomic E-state index is 12.4. The number of amides is 1. The summed E-state index contributed by atoms with van der Waals surface area (Å²) in [7, 11) is -0.495. The van der Waals surface area contributed by atoms with E-state index in [4.69, 9.17) is 14.6 Å². The highest BCUT2D eigenvalue weighted by atomic mass is 16.7. The molecule has 8 heteroatoms. The van der Waals surface area contributed by atoms with Gasteiger partial charge in [0, 0.05) is 12.0 Å². The summed E-state index contributed by atoms with van der Waals surface area (Å²) in [5.41, 5.74) is 1.43. The summed E-state index contributed by atoms with van der Waals surface area (Å²) in [6.45, 7) is 7.93. The number of hydrogen-bond acceptors (Lipinski definition) is 5. The molecule has 3 rings (SSSR count). The Morgan fingerprint density at radius 1 is 1.03 bits per heavy atom. The molecule has 0 bridgehead atoms. The van der Waals surface area contributed by atoms with Crippen molar-refractivity contribution in [1.82, 2.24) is 5.32 Å². The van der Waals surface area contributed by atoms with Crippen LogP contribution in [-0.4, -0.2) is 41.3 Å². The number of rotatable bonds is 6. The quantitative estimate of drug-likeness (QED) is 0.695. The average Bonchev–Trinajstić information content (AvgIpc) is 2.95. The number of carbonyl (C=O) groups is 2. The van der Waals surface area contributed by atoms with Crippen molar-refractivity contribution in [2.75, 3.05) is 0 Å². The average molecular weight is 420 g/mol. The van der Waals surface area contributed by atoms with Crippen LogP contribution in [-0.2, 0) is 20.5 Å². The van der Waals surface area contributed by atoms with E-state index < -0.39 is 36.2 Å². The molecule has 7 nitrogen and oxygen atoms in total. The molecule has 2 N–H and O–H groups in total. The Kier molecular flexibility index (Phi) is 6.21. The van der Waals surface area contributed by atoms with Crippen LogP contribution in [0.15, 0.2) is 48.5 Å². The molecule has 1 saturated heterocycles. The van der Waals surface area contributed by atoms with E-state index in [-0.39, 0.29) is 6.42 Å². The van der Waals surface area contributed by atoms with Gasteiger partial charge in [-0.05, 0) is 63.0 Å². The molecular formula is C23H25BN2O5. The molecule has 2 aromatic rings. The summed E-state index contributed by atoms with van der Waals surface area (Å²) >= 11 is 0. The van der Waals surface area contributed by atoms with Gasteiger partial charge in [0.2, 0.25) is 0 Å². The molecule has 0 saturated carbocycles. The Balaban J connectivity index is 1.67. The smallest absolute Gasteiger partial charge is 0.480 e. The van der Waals surface area contributed by atoms with E-state index in [9.17, 15) is 14.7 Å². The van der Waals surface area contributed by atoms with E-state index >= 15 is 0 Å². The van der Waals surface area contributed by atoms with Gasteiger partial charge in [-0.2, -0.15) is 5.26 Å². The van der Waals surface area contributed by atoms with Crippen LogP contribution in [0.4, 0.5) is 0 Å². The molecule has 1 atom stereocenters. The van der Waals surface area contributed by atoms with Crippen molar-refractivity contribution >= 4 is 24.5 Å². The van der Waals surface area contributed by atoms with Crippen LogP contribution >= 0.6 is 0 Å². The van der Waals surface area contributed by atoms with Crippen molar-refractivity contribution in [1.29, 1.82) is 5.26 Å². The van der Waals surface area contributed by atoms with Crippen molar-refractivity contribution in [2.24, 2.45) is 0 Å². The Bertz CT molecular complexity index is 994. The third-order valence-electron chi connectivity index (χ3n) is 5.82. The molecule has 0 radical (unpaired) electrons. The predicted molar refractivity (Wildman–Crippen MR) is 116 cm³/mol. The highest BCUT2D eigenvalue weighted by Gasteiger charge is 2.51. The fraction of sp³-hybridized carbons (Fsp3) is 0.348. The second-order valence-electron chi connectivity index (χ2n) is 8.59. The molecule has 0 spiro atoms. The van der Waals surface area contributed by atoms with E-state index in [2.05, 4.69) is 5.32 Å². The van der Waals surface area contributed by atoms with Crippen molar-refractivity contribution in [3.8, 4) is 6.07 Å². The van der Waals surface area contributed by atoms with Crippen molar-refractivity contribution < 1.29 is 24.0 Å². The van der Waals surface area contributed by atoms with Gasteiger partial charge in [-0.25, -0.2) is 4.79 Å². The number of nitriles is 1. The minimum absolute atomic E-state index is 0.126. The summed E-state index contributed by atoms with van der Waals surface area (Å²) in [4.78, 5) is 24.1. The molecule has 2 aromatic carbocycles. The monoisotopic (exact) mass is 420 g/mol. The molecular weight excluding hydrogens is 395 g/mol. The molecule has 31 heavy (non-hydrogen) atoms. The van der Waals surface area contributed by atoms with E-state index in [0.29, 0.717) is 11.1 Å². The van der Waals surface area contributed by atoms with Crippen molar-refractivity contribution in [3.05, 3.63) is 65.2 Å². The lowest BCUT2D eigenvalue weighted by atomic mass is 9.78. The van der Waals surface area contributed by atoms with Crippen LogP contribution in [0, 0.1) is 11.3 Å². The molecule has 1 aliphatic rings. The molecule has 160 valence electrons. The number of nitrogens with one attached hydrogen (secondary N) is 1. The van der Waals surface area contributed by atoms with Gasteiger partial charge in [-0.1, -0.05) is 24.3 Å². The standard InChI is InChI=1S/C23H25BN2O5/c1-22(2)23(3,4)31-24(30-22)18-11-7-15(8-12-18)13-19(21(28)29)26-20(27)17-9-5-16(14-25)6-10-17/h5-12,19H,13H2,1-4H3,(H,26,27)(H,28,29)/t19-/m0/s1. The van der Waals surface area contributed by atoms with Gasteiger partial charge < -0.3 is 19.7 Å². The van der Waals surface area contributed by atoms with E-state index in [1.165, 1.54) is 24.3 Å². The normalized spacial score (nSPS) is 17.6. The zero-order chi connectivity index (χ0) is 22.8. The SMILES string of the molecule is CC1(C)OB(c2ccc(C[C@H](NC(=O)c3ccc(C#N)cc3)C(=O)O)cc2)OC1(C)C. The number of benzene rings is 2. The predicted octanol–water partition coefficient (Wildman–Crippen LogP) is 2.28. The number of hydrogen-bond donors (Lipinski definition) is 2. The second-order valence-corrected chi connectivity index (χ2v) is 8.59. The Morgan fingerprint density at radius 2 is 1.58 bits per heavy atom. The van der Waals surface area contributed by atoms with Gasteiger partial charge in [0.05, 0.1) is 22.8 Å². The summed E-state index contributed by atoms with van der Waals surface area (Å²) in [6, 6.07) is 14.2. The van der Waals surface area contributed by atoms with E-state index in [1.54, 1.807) is 0 Å². The Hall–Kier alpha value is -3.15. The minimum atomic E-state index is -1.13. The van der Waals surface area contributed by atoms with E-state index in [0.717, 1.165) is 11.0 Å². The number of aliphatic carboxylic acids is 1. The van der Waals surface area contributed by atoms with Gasteiger partial charge in [0.25, 0.3) is 5.91 Å². The zero-order valence-electron chi connectivity index (χ0n) is 18.0. The fourth-order valence-corrected chi connectivity index (χ4v) is 3.16. The highest BCUT2D eigenvalue weighted by Crippen LogP contribution is 2.36. The molecule has 0 aromatic heterocycles. The van der Waals surface area contributed by atoms with Crippen LogP contribution < -0.4 is 10.8 Å². The van der Waals surface area contributed by atoms with Crippen molar-refractivity contribution in [3.63, 3.8) is 0 Å². The summed E-state index contributed by atoms with van der Waals surface area (Å²) in [5, 5.41) is 20.9. The number of nitrogens with zero attached hydrogens (tertiary/aromatic N) is 1. The van der Waals surface area contributed by atoms with Gasteiger partial charge >= 0.3 is 13.1 Å². The summed E-state index contributed by atoms with van der Waals surface area (Å²) < 4.78 is 12.1. The van der Waals surface area contributed by atoms with Gasteiger partial charge in [-0.15, -0.1) is 0 Å². The minimum Gasteiger partial charge on any atom is -0.480 e. The summed E-state index contributed by atoms with van der Waals surface area (Å²) in [5.74, 6) is -1.64. The molecule has 1 heterocycles. The van der Waals surface area contributed by atoms with Gasteiger partial charge in [0.1, 0.15) is 6.04 Å². The molecule has 1 amide bonds. The molecule has 0 unspecified atom stereocenters. The van der Waals surface area contributed by atoms with Crippen molar-refractivity contribution in [2.45, 2.75) is 51.4 Å². The van der Waals surface area contributed by atoms with Crippen LogP contribution in [0.1, 0.15) is 49.2 Å². The van der Waals surface area contributed by atoms with Crippen LogP contribution in [0.5, 0.6) is 0 Å². The zero-order valence-corrected chi connectivity index (χ0v) is 18.0. The third kappa shape index (κ3) is 4.96. The Labute approximate surface area is 182 Å².